The standard InChI is InChI=1S/C25H20N2O4/c1-30-22-14-8-16(15-23(22)31-2)7-13-21(28)17-9-11-18(12-10-17)26-24-19-5-3-4-6-20(19)27-25(24)29/h3-15H,1-2H3,(H,26,27,29)/b13-7+. The maximum atomic E-state index is 12.5. The third kappa shape index (κ3) is 4.23. The molecule has 1 aliphatic heterocycles. The number of rotatable bonds is 6. The summed E-state index contributed by atoms with van der Waals surface area (Å²) in [5, 5.41) is 2.80. The Morgan fingerprint density at radius 3 is 2.42 bits per heavy atom. The molecule has 0 radical (unpaired) electrons. The minimum Gasteiger partial charge on any atom is -0.493 e. The van der Waals surface area contributed by atoms with Crippen LogP contribution in [0.2, 0.25) is 0 Å². The van der Waals surface area contributed by atoms with Crippen LogP contribution in [0.25, 0.3) is 6.08 Å². The Labute approximate surface area is 179 Å². The number of hydrogen-bond acceptors (Lipinski definition) is 5. The molecular weight excluding hydrogens is 392 g/mol. The zero-order valence-electron chi connectivity index (χ0n) is 17.1. The largest absolute Gasteiger partial charge is 0.493 e. The van der Waals surface area contributed by atoms with E-state index < -0.39 is 0 Å². The van der Waals surface area contributed by atoms with Crippen LogP contribution in [0.1, 0.15) is 21.5 Å². The van der Waals surface area contributed by atoms with Crippen molar-refractivity contribution in [3.63, 3.8) is 0 Å². The number of amides is 1. The van der Waals surface area contributed by atoms with Crippen molar-refractivity contribution < 1.29 is 19.1 Å². The van der Waals surface area contributed by atoms with E-state index in [4.69, 9.17) is 9.47 Å². The molecule has 0 unspecified atom stereocenters. The lowest BCUT2D eigenvalue weighted by molar-refractivity contribution is -0.110. The topological polar surface area (TPSA) is 77.0 Å². The normalized spacial score (nSPS) is 13.9. The molecule has 0 fully saturated rings. The van der Waals surface area contributed by atoms with Crippen molar-refractivity contribution >= 4 is 34.9 Å². The predicted octanol–water partition coefficient (Wildman–Crippen LogP) is 4.67. The van der Waals surface area contributed by atoms with E-state index in [-0.39, 0.29) is 11.7 Å². The second-order valence-electron chi connectivity index (χ2n) is 6.82. The average molecular weight is 412 g/mol. The van der Waals surface area contributed by atoms with Gasteiger partial charge in [0, 0.05) is 11.1 Å². The number of methoxy groups -OCH3 is 2. The van der Waals surface area contributed by atoms with Gasteiger partial charge in [-0.25, -0.2) is 4.99 Å². The van der Waals surface area contributed by atoms with E-state index in [2.05, 4.69) is 10.3 Å². The predicted molar refractivity (Wildman–Crippen MR) is 121 cm³/mol. The van der Waals surface area contributed by atoms with Gasteiger partial charge in [-0.2, -0.15) is 0 Å². The average Bonchev–Trinajstić information content (AvgIpc) is 3.12. The lowest BCUT2D eigenvalue weighted by Gasteiger charge is -2.07. The molecule has 0 spiro atoms. The number of carbonyl (C=O) groups excluding carboxylic acids is 2. The molecule has 1 heterocycles. The first kappa shape index (κ1) is 20.1. The van der Waals surface area contributed by atoms with Crippen molar-refractivity contribution in [2.45, 2.75) is 0 Å². The molecule has 6 nitrogen and oxygen atoms in total. The Morgan fingerprint density at radius 1 is 0.935 bits per heavy atom. The molecular formula is C25H20N2O4. The quantitative estimate of drug-likeness (QED) is 0.471. The number of carbonyl (C=O) groups is 2. The lowest BCUT2D eigenvalue weighted by Crippen LogP contribution is -2.13. The molecule has 0 saturated carbocycles. The first-order valence-corrected chi connectivity index (χ1v) is 9.63. The number of fused-ring (bicyclic) bond motifs is 1. The van der Waals surface area contributed by atoms with Crippen LogP contribution in [0, 0.1) is 0 Å². The second kappa shape index (κ2) is 8.67. The van der Waals surface area contributed by atoms with Crippen LogP contribution in [0.15, 0.2) is 77.8 Å². The Bertz CT molecular complexity index is 1210. The van der Waals surface area contributed by atoms with Crippen molar-refractivity contribution in [3.05, 3.63) is 89.5 Å². The number of ether oxygens (including phenoxy) is 2. The van der Waals surface area contributed by atoms with Crippen LogP contribution >= 0.6 is 0 Å². The summed E-state index contributed by atoms with van der Waals surface area (Å²) in [4.78, 5) is 29.2. The number of anilines is 1. The Kier molecular flexibility index (Phi) is 5.62. The van der Waals surface area contributed by atoms with Gasteiger partial charge in [0.05, 0.1) is 25.6 Å². The maximum Gasteiger partial charge on any atom is 0.275 e. The second-order valence-corrected chi connectivity index (χ2v) is 6.82. The van der Waals surface area contributed by atoms with E-state index in [0.29, 0.717) is 28.5 Å². The van der Waals surface area contributed by atoms with Crippen molar-refractivity contribution in [3.8, 4) is 11.5 Å². The first-order valence-electron chi connectivity index (χ1n) is 9.63. The van der Waals surface area contributed by atoms with Gasteiger partial charge in [-0.1, -0.05) is 30.3 Å². The molecule has 1 aliphatic rings. The molecule has 31 heavy (non-hydrogen) atoms. The number of aliphatic imine (C=N–C) groups is 1. The third-order valence-electron chi connectivity index (χ3n) is 4.87. The van der Waals surface area contributed by atoms with E-state index in [9.17, 15) is 9.59 Å². The Hall–Kier alpha value is -4.19. The fourth-order valence-electron chi connectivity index (χ4n) is 3.27. The fraction of sp³-hybridized carbons (Fsp3) is 0.0800. The number of nitrogens with zero attached hydrogens (tertiary/aromatic N) is 1. The summed E-state index contributed by atoms with van der Waals surface area (Å²) in [6.45, 7) is 0. The van der Waals surface area contributed by atoms with Gasteiger partial charge in [0.2, 0.25) is 0 Å². The van der Waals surface area contributed by atoms with Crippen molar-refractivity contribution in [1.82, 2.24) is 0 Å². The highest BCUT2D eigenvalue weighted by Crippen LogP contribution is 2.28. The van der Waals surface area contributed by atoms with Crippen LogP contribution in [0.5, 0.6) is 11.5 Å². The minimum absolute atomic E-state index is 0.141. The van der Waals surface area contributed by atoms with Crippen LogP contribution < -0.4 is 14.8 Å². The summed E-state index contributed by atoms with van der Waals surface area (Å²) in [6.07, 6.45) is 3.22. The molecule has 0 saturated heterocycles. The van der Waals surface area contributed by atoms with Crippen LogP contribution in [0.3, 0.4) is 0 Å². The van der Waals surface area contributed by atoms with Gasteiger partial charge < -0.3 is 14.8 Å². The fourth-order valence-corrected chi connectivity index (χ4v) is 3.27. The highest BCUT2D eigenvalue weighted by Gasteiger charge is 2.25. The number of benzene rings is 3. The van der Waals surface area contributed by atoms with Crippen molar-refractivity contribution in [2.75, 3.05) is 19.5 Å². The van der Waals surface area contributed by atoms with Gasteiger partial charge in [0.25, 0.3) is 5.91 Å². The van der Waals surface area contributed by atoms with Crippen LogP contribution in [0.4, 0.5) is 11.4 Å². The third-order valence-corrected chi connectivity index (χ3v) is 4.87. The molecule has 0 bridgehead atoms. The number of para-hydroxylation sites is 1. The first-order chi connectivity index (χ1) is 15.1. The molecule has 4 rings (SSSR count). The summed E-state index contributed by atoms with van der Waals surface area (Å²) in [5.41, 5.74) is 3.83. The van der Waals surface area contributed by atoms with Crippen LogP contribution in [-0.4, -0.2) is 31.6 Å². The number of hydrogen-bond donors (Lipinski definition) is 1. The van der Waals surface area contributed by atoms with Gasteiger partial charge in [0.15, 0.2) is 17.3 Å². The van der Waals surface area contributed by atoms with Gasteiger partial charge in [-0.05, 0) is 54.1 Å². The van der Waals surface area contributed by atoms with Crippen molar-refractivity contribution in [1.29, 1.82) is 0 Å². The molecule has 0 atom stereocenters. The zero-order valence-corrected chi connectivity index (χ0v) is 17.1. The van der Waals surface area contributed by atoms with Crippen LogP contribution in [-0.2, 0) is 4.79 Å². The molecule has 0 aliphatic carbocycles. The molecule has 1 amide bonds. The van der Waals surface area contributed by atoms with Gasteiger partial charge in [0.1, 0.15) is 5.71 Å². The van der Waals surface area contributed by atoms with E-state index >= 15 is 0 Å². The molecule has 3 aromatic carbocycles. The number of nitrogens with one attached hydrogen (secondary N) is 1. The van der Waals surface area contributed by atoms with Gasteiger partial charge in [-0.3, -0.25) is 9.59 Å². The smallest absolute Gasteiger partial charge is 0.275 e. The highest BCUT2D eigenvalue weighted by molar-refractivity contribution is 6.54. The SMILES string of the molecule is COc1ccc(/C=C/C(=O)c2ccc(N=C3C(=O)Nc4ccccc43)cc2)cc1OC. The number of allylic oxidation sites excluding steroid dienone is 1. The molecule has 154 valence electrons. The Morgan fingerprint density at radius 2 is 1.68 bits per heavy atom. The van der Waals surface area contributed by atoms with E-state index in [0.717, 1.165) is 16.8 Å². The summed E-state index contributed by atoms with van der Waals surface area (Å²) < 4.78 is 10.5. The zero-order chi connectivity index (χ0) is 21.8. The van der Waals surface area contributed by atoms with E-state index in [1.807, 2.05) is 30.3 Å². The van der Waals surface area contributed by atoms with Gasteiger partial charge in [-0.15, -0.1) is 0 Å². The summed E-state index contributed by atoms with van der Waals surface area (Å²) in [7, 11) is 3.14. The Balaban J connectivity index is 1.50. The van der Waals surface area contributed by atoms with Crippen molar-refractivity contribution in [2.24, 2.45) is 4.99 Å². The lowest BCUT2D eigenvalue weighted by atomic mass is 10.1. The number of ketones is 1. The van der Waals surface area contributed by atoms with Gasteiger partial charge >= 0.3 is 0 Å². The molecule has 3 aromatic rings. The highest BCUT2D eigenvalue weighted by atomic mass is 16.5. The van der Waals surface area contributed by atoms with E-state index in [1.165, 1.54) is 6.08 Å². The summed E-state index contributed by atoms with van der Waals surface area (Å²) >= 11 is 0. The molecule has 6 heteroatoms. The van der Waals surface area contributed by atoms with E-state index in [1.54, 1.807) is 56.7 Å². The summed E-state index contributed by atoms with van der Waals surface area (Å²) in [5.74, 6) is 0.844. The minimum atomic E-state index is -0.237. The summed E-state index contributed by atoms with van der Waals surface area (Å²) in [6, 6.07) is 19.7. The monoisotopic (exact) mass is 412 g/mol. The maximum absolute atomic E-state index is 12.5. The molecule has 0 aromatic heterocycles. The molecule has 1 N–H and O–H groups in total.